The van der Waals surface area contributed by atoms with Crippen LogP contribution in [0.15, 0.2) is 0 Å². The van der Waals surface area contributed by atoms with Gasteiger partial charge in [0.05, 0.1) is 0 Å². The number of unbranched alkanes of at least 4 members (excludes halogenated alkanes) is 7. The molecule has 1 heteroatoms. The standard InChI is InChI=1S/C15H31Br/c1-5-6-7-8-9-10-11-12-13-14(2)15(3,4)16/h14H,5-13H2,1-4H3. The first kappa shape index (κ1) is 16.5. The molecular weight excluding hydrogens is 260 g/mol. The molecule has 0 aliphatic carbocycles. The number of alkyl halides is 1. The summed E-state index contributed by atoms with van der Waals surface area (Å²) < 4.78 is 0.314. The number of halogens is 1. The molecule has 1 unspecified atom stereocenters. The highest BCUT2D eigenvalue weighted by Gasteiger charge is 2.20. The van der Waals surface area contributed by atoms with Crippen molar-refractivity contribution in [2.75, 3.05) is 0 Å². The molecule has 0 spiro atoms. The molecule has 0 heterocycles. The predicted molar refractivity (Wildman–Crippen MR) is 79.4 cm³/mol. The van der Waals surface area contributed by atoms with E-state index in [9.17, 15) is 0 Å². The van der Waals surface area contributed by atoms with E-state index in [1.807, 2.05) is 0 Å². The number of hydrogen-bond acceptors (Lipinski definition) is 0. The molecule has 0 aromatic heterocycles. The van der Waals surface area contributed by atoms with E-state index in [1.165, 1.54) is 57.8 Å². The van der Waals surface area contributed by atoms with Crippen LogP contribution >= 0.6 is 15.9 Å². The van der Waals surface area contributed by atoms with Crippen molar-refractivity contribution in [3.8, 4) is 0 Å². The van der Waals surface area contributed by atoms with Crippen LogP contribution in [0, 0.1) is 5.92 Å². The van der Waals surface area contributed by atoms with Crippen molar-refractivity contribution in [3.05, 3.63) is 0 Å². The lowest BCUT2D eigenvalue weighted by atomic mass is 9.92. The van der Waals surface area contributed by atoms with E-state index in [4.69, 9.17) is 0 Å². The molecule has 0 aromatic carbocycles. The van der Waals surface area contributed by atoms with Gasteiger partial charge in [-0.05, 0) is 26.2 Å². The summed E-state index contributed by atoms with van der Waals surface area (Å²) in [6.45, 7) is 9.20. The largest absolute Gasteiger partial charge is 0.0856 e. The summed E-state index contributed by atoms with van der Waals surface area (Å²) in [5.41, 5.74) is 0. The third-order valence-electron chi connectivity index (χ3n) is 3.66. The Morgan fingerprint density at radius 2 is 1.31 bits per heavy atom. The van der Waals surface area contributed by atoms with Crippen molar-refractivity contribution < 1.29 is 0 Å². The summed E-state index contributed by atoms with van der Waals surface area (Å²) in [6.07, 6.45) is 12.8. The average molecular weight is 291 g/mol. The van der Waals surface area contributed by atoms with E-state index < -0.39 is 0 Å². The van der Waals surface area contributed by atoms with Crippen LogP contribution in [0.2, 0.25) is 0 Å². The van der Waals surface area contributed by atoms with Gasteiger partial charge in [-0.15, -0.1) is 0 Å². The molecule has 0 aliphatic rings. The van der Waals surface area contributed by atoms with Crippen molar-refractivity contribution in [1.82, 2.24) is 0 Å². The summed E-state index contributed by atoms with van der Waals surface area (Å²) >= 11 is 3.76. The van der Waals surface area contributed by atoms with E-state index in [-0.39, 0.29) is 0 Å². The monoisotopic (exact) mass is 290 g/mol. The van der Waals surface area contributed by atoms with E-state index in [0.717, 1.165) is 5.92 Å². The lowest BCUT2D eigenvalue weighted by molar-refractivity contribution is 0.413. The third-order valence-corrected chi connectivity index (χ3v) is 4.44. The molecule has 0 radical (unpaired) electrons. The van der Waals surface area contributed by atoms with Gasteiger partial charge in [-0.3, -0.25) is 0 Å². The molecule has 1 atom stereocenters. The smallest absolute Gasteiger partial charge is 0.0227 e. The molecule has 0 saturated carbocycles. The Bertz CT molecular complexity index is 146. The molecule has 0 rings (SSSR count). The highest BCUT2D eigenvalue weighted by atomic mass is 79.9. The summed E-state index contributed by atoms with van der Waals surface area (Å²) in [7, 11) is 0. The van der Waals surface area contributed by atoms with Gasteiger partial charge >= 0.3 is 0 Å². The van der Waals surface area contributed by atoms with E-state index in [1.54, 1.807) is 0 Å². The predicted octanol–water partition coefficient (Wildman–Crippen LogP) is 6.33. The van der Waals surface area contributed by atoms with Gasteiger partial charge < -0.3 is 0 Å². The second-order valence-corrected chi connectivity index (χ2v) is 7.77. The fourth-order valence-corrected chi connectivity index (χ4v) is 2.16. The molecule has 0 fully saturated rings. The Kier molecular flexibility index (Phi) is 9.79. The van der Waals surface area contributed by atoms with Gasteiger partial charge in [-0.2, -0.15) is 0 Å². The van der Waals surface area contributed by atoms with Crippen LogP contribution in [-0.4, -0.2) is 4.32 Å². The second kappa shape index (κ2) is 9.50. The first-order valence-corrected chi connectivity index (χ1v) is 7.96. The zero-order valence-corrected chi connectivity index (χ0v) is 13.4. The lowest BCUT2D eigenvalue weighted by Gasteiger charge is -2.25. The van der Waals surface area contributed by atoms with Crippen molar-refractivity contribution in [3.63, 3.8) is 0 Å². The molecule has 0 nitrogen and oxygen atoms in total. The Morgan fingerprint density at radius 3 is 1.75 bits per heavy atom. The number of rotatable bonds is 10. The van der Waals surface area contributed by atoms with Crippen LogP contribution in [0.3, 0.4) is 0 Å². The maximum Gasteiger partial charge on any atom is 0.0227 e. The van der Waals surface area contributed by atoms with Crippen molar-refractivity contribution >= 4 is 15.9 Å². The second-order valence-electron chi connectivity index (χ2n) is 5.73. The van der Waals surface area contributed by atoms with E-state index in [0.29, 0.717) is 4.32 Å². The Hall–Kier alpha value is 0.480. The van der Waals surface area contributed by atoms with Crippen LogP contribution in [-0.2, 0) is 0 Å². The first-order chi connectivity index (χ1) is 7.48. The zero-order chi connectivity index (χ0) is 12.4. The molecule has 0 saturated heterocycles. The summed E-state index contributed by atoms with van der Waals surface area (Å²) in [5, 5.41) is 0. The molecule has 16 heavy (non-hydrogen) atoms. The SMILES string of the molecule is CCCCCCCCCCC(C)C(C)(C)Br. The van der Waals surface area contributed by atoms with E-state index >= 15 is 0 Å². The summed E-state index contributed by atoms with van der Waals surface area (Å²) in [5.74, 6) is 0.785. The van der Waals surface area contributed by atoms with Crippen LogP contribution < -0.4 is 0 Å². The van der Waals surface area contributed by atoms with Gasteiger partial charge in [0.15, 0.2) is 0 Å². The third kappa shape index (κ3) is 9.69. The fourth-order valence-electron chi connectivity index (χ4n) is 1.93. The molecular formula is C15H31Br. The zero-order valence-electron chi connectivity index (χ0n) is 11.8. The highest BCUT2D eigenvalue weighted by Crippen LogP contribution is 2.30. The van der Waals surface area contributed by atoms with Gasteiger partial charge in [-0.25, -0.2) is 0 Å². The van der Waals surface area contributed by atoms with Crippen LogP contribution in [0.1, 0.15) is 85.5 Å². The van der Waals surface area contributed by atoms with Gasteiger partial charge in [0.25, 0.3) is 0 Å². The van der Waals surface area contributed by atoms with Crippen LogP contribution in [0.5, 0.6) is 0 Å². The van der Waals surface area contributed by atoms with Gasteiger partial charge in [0.1, 0.15) is 0 Å². The minimum atomic E-state index is 0.314. The van der Waals surface area contributed by atoms with Crippen molar-refractivity contribution in [2.24, 2.45) is 5.92 Å². The number of hydrogen-bond donors (Lipinski definition) is 0. The lowest BCUT2D eigenvalue weighted by Crippen LogP contribution is -2.20. The Labute approximate surface area is 112 Å². The maximum atomic E-state index is 3.76. The molecule has 0 amide bonds. The quantitative estimate of drug-likeness (QED) is 0.326. The summed E-state index contributed by atoms with van der Waals surface area (Å²) in [6, 6.07) is 0. The average Bonchev–Trinajstić information content (AvgIpc) is 2.20. The minimum Gasteiger partial charge on any atom is -0.0856 e. The topological polar surface area (TPSA) is 0 Å². The molecule has 0 bridgehead atoms. The Balaban J connectivity index is 3.21. The van der Waals surface area contributed by atoms with Crippen molar-refractivity contribution in [2.45, 2.75) is 89.8 Å². The fraction of sp³-hybridized carbons (Fsp3) is 1.00. The van der Waals surface area contributed by atoms with Gasteiger partial charge in [-0.1, -0.05) is 81.1 Å². The highest BCUT2D eigenvalue weighted by molar-refractivity contribution is 9.10. The van der Waals surface area contributed by atoms with Crippen molar-refractivity contribution in [1.29, 1.82) is 0 Å². The Morgan fingerprint density at radius 1 is 0.875 bits per heavy atom. The van der Waals surface area contributed by atoms with E-state index in [2.05, 4.69) is 43.6 Å². The molecule has 0 aromatic rings. The molecule has 0 aliphatic heterocycles. The van der Waals surface area contributed by atoms with Gasteiger partial charge in [0, 0.05) is 4.32 Å². The minimum absolute atomic E-state index is 0.314. The maximum absolute atomic E-state index is 3.76. The van der Waals surface area contributed by atoms with Crippen LogP contribution in [0.25, 0.3) is 0 Å². The molecule has 0 N–H and O–H groups in total. The molecule has 98 valence electrons. The summed E-state index contributed by atoms with van der Waals surface area (Å²) in [4.78, 5) is 0. The normalized spacial score (nSPS) is 14.1. The first-order valence-electron chi connectivity index (χ1n) is 7.17. The van der Waals surface area contributed by atoms with Gasteiger partial charge in [0.2, 0.25) is 0 Å². The van der Waals surface area contributed by atoms with Crippen LogP contribution in [0.4, 0.5) is 0 Å².